The van der Waals surface area contributed by atoms with Crippen LogP contribution in [0.5, 0.6) is 0 Å². The molecule has 0 saturated carbocycles. The Morgan fingerprint density at radius 2 is 1.95 bits per heavy atom. The monoisotopic (exact) mass is 332 g/mol. The minimum absolute atomic E-state index is 0.0398. The van der Waals surface area contributed by atoms with Crippen molar-refractivity contribution in [3.05, 3.63) is 21.4 Å². The zero-order valence-corrected chi connectivity index (χ0v) is 15.1. The lowest BCUT2D eigenvalue weighted by atomic mass is 10.1. The van der Waals surface area contributed by atoms with Crippen molar-refractivity contribution in [3.63, 3.8) is 0 Å². The van der Waals surface area contributed by atoms with Crippen LogP contribution < -0.4 is 5.32 Å². The molecule has 0 radical (unpaired) electrons. The van der Waals surface area contributed by atoms with Crippen LogP contribution in [0.1, 0.15) is 35.2 Å². The van der Waals surface area contributed by atoms with E-state index in [2.05, 4.69) is 11.4 Å². The number of hydrogen-bond donors (Lipinski definition) is 1. The van der Waals surface area contributed by atoms with E-state index < -0.39 is 9.84 Å². The molecule has 21 heavy (non-hydrogen) atoms. The number of carbonyl (C=O) groups excluding carboxylic acids is 1. The van der Waals surface area contributed by atoms with Crippen molar-refractivity contribution in [2.45, 2.75) is 39.8 Å². The molecule has 0 saturated heterocycles. The lowest BCUT2D eigenvalue weighted by Gasteiger charge is -2.26. The summed E-state index contributed by atoms with van der Waals surface area (Å²) in [5.41, 5.74) is 1.11. The van der Waals surface area contributed by atoms with E-state index in [0.717, 1.165) is 5.56 Å². The van der Waals surface area contributed by atoms with Gasteiger partial charge in [-0.05, 0) is 39.3 Å². The number of aryl methyl sites for hydroxylation is 2. The molecule has 120 valence electrons. The minimum atomic E-state index is -3.11. The lowest BCUT2D eigenvalue weighted by Crippen LogP contribution is -2.45. The molecule has 7 heteroatoms. The molecule has 1 aromatic heterocycles. The maximum Gasteiger partial charge on any atom is 0.317 e. The summed E-state index contributed by atoms with van der Waals surface area (Å²) in [7, 11) is -1.49. The van der Waals surface area contributed by atoms with Gasteiger partial charge in [0.05, 0.1) is 11.8 Å². The van der Waals surface area contributed by atoms with Crippen molar-refractivity contribution in [2.75, 3.05) is 19.1 Å². The van der Waals surface area contributed by atoms with Gasteiger partial charge in [-0.25, -0.2) is 13.2 Å². The molecule has 2 atom stereocenters. The van der Waals surface area contributed by atoms with Gasteiger partial charge in [-0.3, -0.25) is 0 Å². The molecule has 0 spiro atoms. The molecule has 0 fully saturated rings. The summed E-state index contributed by atoms with van der Waals surface area (Å²) < 4.78 is 22.6. The van der Waals surface area contributed by atoms with E-state index in [1.165, 1.54) is 20.9 Å². The largest absolute Gasteiger partial charge is 0.331 e. The van der Waals surface area contributed by atoms with Gasteiger partial charge in [0.15, 0.2) is 0 Å². The molecular formula is C14H24N2O3S2. The number of rotatable bonds is 5. The number of amides is 2. The zero-order valence-electron chi connectivity index (χ0n) is 13.4. The molecule has 0 aliphatic rings. The Bertz CT molecular complexity index is 608. The smallest absolute Gasteiger partial charge is 0.317 e. The molecular weight excluding hydrogens is 308 g/mol. The van der Waals surface area contributed by atoms with E-state index in [-0.39, 0.29) is 23.9 Å². The first-order valence-electron chi connectivity index (χ1n) is 6.79. The Hall–Kier alpha value is -1.08. The van der Waals surface area contributed by atoms with E-state index in [4.69, 9.17) is 0 Å². The SMILES string of the molecule is Cc1cc([C@H](C)NC(=O)N(C)[C@@H](C)CS(C)(=O)=O)c(C)s1. The van der Waals surface area contributed by atoms with Gasteiger partial charge in [0.2, 0.25) is 0 Å². The van der Waals surface area contributed by atoms with Crippen molar-refractivity contribution in [1.82, 2.24) is 10.2 Å². The lowest BCUT2D eigenvalue weighted by molar-refractivity contribution is 0.195. The molecule has 1 heterocycles. The van der Waals surface area contributed by atoms with Crippen LogP contribution >= 0.6 is 11.3 Å². The third kappa shape index (κ3) is 5.32. The summed E-state index contributed by atoms with van der Waals surface area (Å²) in [4.78, 5) is 16.0. The van der Waals surface area contributed by atoms with Gasteiger partial charge in [0.1, 0.15) is 9.84 Å². The van der Waals surface area contributed by atoms with Gasteiger partial charge in [-0.1, -0.05) is 0 Å². The molecule has 5 nitrogen and oxygen atoms in total. The number of sulfone groups is 1. The topological polar surface area (TPSA) is 66.5 Å². The minimum Gasteiger partial charge on any atom is -0.331 e. The van der Waals surface area contributed by atoms with Crippen LogP contribution in [0.4, 0.5) is 4.79 Å². The second-order valence-electron chi connectivity index (χ2n) is 5.59. The van der Waals surface area contributed by atoms with Crippen molar-refractivity contribution in [2.24, 2.45) is 0 Å². The number of carbonyl (C=O) groups is 1. The Morgan fingerprint density at radius 1 is 1.38 bits per heavy atom. The molecule has 0 aliphatic carbocycles. The highest BCUT2D eigenvalue weighted by Crippen LogP contribution is 2.26. The average molecular weight is 332 g/mol. The van der Waals surface area contributed by atoms with Crippen LogP contribution in [-0.4, -0.2) is 44.4 Å². The second kappa shape index (κ2) is 6.79. The molecule has 1 aromatic rings. The quantitative estimate of drug-likeness (QED) is 0.901. The summed E-state index contributed by atoms with van der Waals surface area (Å²) in [6.07, 6.45) is 1.18. The highest BCUT2D eigenvalue weighted by molar-refractivity contribution is 7.90. The summed E-state index contributed by atoms with van der Waals surface area (Å²) in [6, 6.07) is 1.35. The fourth-order valence-electron chi connectivity index (χ4n) is 2.20. The van der Waals surface area contributed by atoms with Crippen LogP contribution in [0.15, 0.2) is 6.07 Å². The maximum absolute atomic E-state index is 12.2. The van der Waals surface area contributed by atoms with Crippen LogP contribution in [0.25, 0.3) is 0 Å². The van der Waals surface area contributed by atoms with Crippen LogP contribution in [0.2, 0.25) is 0 Å². The van der Waals surface area contributed by atoms with Gasteiger partial charge >= 0.3 is 6.03 Å². The van der Waals surface area contributed by atoms with E-state index in [0.29, 0.717) is 0 Å². The third-order valence-corrected chi connectivity index (χ3v) is 5.48. The Kier molecular flexibility index (Phi) is 5.81. The summed E-state index contributed by atoms with van der Waals surface area (Å²) in [5, 5.41) is 2.92. The summed E-state index contributed by atoms with van der Waals surface area (Å²) in [6.45, 7) is 7.73. The summed E-state index contributed by atoms with van der Waals surface area (Å²) >= 11 is 1.70. The van der Waals surface area contributed by atoms with Crippen LogP contribution in [0, 0.1) is 13.8 Å². The second-order valence-corrected chi connectivity index (χ2v) is 9.24. The van der Waals surface area contributed by atoms with Gasteiger partial charge in [-0.15, -0.1) is 11.3 Å². The predicted molar refractivity (Wildman–Crippen MR) is 87.7 cm³/mol. The normalized spacial score (nSPS) is 14.6. The van der Waals surface area contributed by atoms with Crippen LogP contribution in [-0.2, 0) is 9.84 Å². The molecule has 0 aromatic carbocycles. The maximum atomic E-state index is 12.2. The van der Waals surface area contributed by atoms with Crippen molar-refractivity contribution in [3.8, 4) is 0 Å². The number of nitrogens with zero attached hydrogens (tertiary/aromatic N) is 1. The number of hydrogen-bond acceptors (Lipinski definition) is 4. The van der Waals surface area contributed by atoms with E-state index >= 15 is 0 Å². The fourth-order valence-corrected chi connectivity index (χ4v) is 4.32. The molecule has 0 aliphatic heterocycles. The molecule has 0 unspecified atom stereocenters. The van der Waals surface area contributed by atoms with Gasteiger partial charge in [0.25, 0.3) is 0 Å². The van der Waals surface area contributed by atoms with Gasteiger partial charge in [0, 0.05) is 29.1 Å². The molecule has 0 bridgehead atoms. The van der Waals surface area contributed by atoms with E-state index in [9.17, 15) is 13.2 Å². The first-order chi connectivity index (χ1) is 9.51. The highest BCUT2D eigenvalue weighted by atomic mass is 32.2. The molecule has 1 N–H and O–H groups in total. The average Bonchev–Trinajstić information content (AvgIpc) is 2.65. The summed E-state index contributed by atoms with van der Waals surface area (Å²) in [5.74, 6) is -0.0398. The number of urea groups is 1. The first-order valence-corrected chi connectivity index (χ1v) is 9.67. The Morgan fingerprint density at radius 3 is 2.38 bits per heavy atom. The van der Waals surface area contributed by atoms with Crippen molar-refractivity contribution >= 4 is 27.2 Å². The van der Waals surface area contributed by atoms with Gasteiger partial charge < -0.3 is 10.2 Å². The van der Waals surface area contributed by atoms with Crippen molar-refractivity contribution in [1.29, 1.82) is 0 Å². The first kappa shape index (κ1) is 18.0. The number of thiophene rings is 1. The highest BCUT2D eigenvalue weighted by Gasteiger charge is 2.22. The zero-order chi connectivity index (χ0) is 16.4. The predicted octanol–water partition coefficient (Wildman–Crippen LogP) is 2.50. The molecule has 1 rings (SSSR count). The third-order valence-electron chi connectivity index (χ3n) is 3.41. The fraction of sp³-hybridized carbons (Fsp3) is 0.643. The Labute approximate surface area is 131 Å². The van der Waals surface area contributed by atoms with E-state index in [1.54, 1.807) is 25.3 Å². The number of nitrogens with one attached hydrogen (secondary N) is 1. The standard InChI is InChI=1S/C14H24N2O3S2/c1-9(8-21(6,18)19)16(5)14(17)15-11(3)13-7-10(2)20-12(13)4/h7,9,11H,8H2,1-6H3,(H,15,17)/t9-,11-/m0/s1. The Balaban J connectivity index is 2.70. The van der Waals surface area contributed by atoms with Crippen molar-refractivity contribution < 1.29 is 13.2 Å². The molecule has 2 amide bonds. The van der Waals surface area contributed by atoms with Gasteiger partial charge in [-0.2, -0.15) is 0 Å². The van der Waals surface area contributed by atoms with E-state index in [1.807, 2.05) is 20.8 Å². The van der Waals surface area contributed by atoms with Crippen LogP contribution in [0.3, 0.4) is 0 Å².